The summed E-state index contributed by atoms with van der Waals surface area (Å²) in [5.74, 6) is 0.838. The Morgan fingerprint density at radius 1 is 1.13 bits per heavy atom. The van der Waals surface area contributed by atoms with Gasteiger partial charge in [0.1, 0.15) is 5.75 Å². The van der Waals surface area contributed by atoms with Crippen LogP contribution >= 0.6 is 0 Å². The lowest BCUT2D eigenvalue weighted by Crippen LogP contribution is -2.41. The molecule has 122 valence electrons. The monoisotopic (exact) mass is 314 g/mol. The van der Waals surface area contributed by atoms with Crippen molar-refractivity contribution in [3.63, 3.8) is 0 Å². The zero-order valence-electron chi connectivity index (χ0n) is 14.6. The highest BCUT2D eigenvalue weighted by Gasteiger charge is 2.52. The lowest BCUT2D eigenvalue weighted by Gasteiger charge is -2.32. The van der Waals surface area contributed by atoms with E-state index in [1.54, 1.807) is 13.3 Å². The number of aromatic nitrogens is 2. The first kappa shape index (κ1) is 16.1. The van der Waals surface area contributed by atoms with Crippen molar-refractivity contribution in [2.45, 2.75) is 45.8 Å². The van der Waals surface area contributed by atoms with Gasteiger partial charge in [-0.05, 0) is 58.4 Å². The van der Waals surface area contributed by atoms with Gasteiger partial charge in [-0.25, -0.2) is 4.68 Å². The largest absolute Gasteiger partial charge is 0.498 e. The number of nitrogens with zero attached hydrogens (tertiary/aromatic N) is 2. The Bertz CT molecular complexity index is 708. The second kappa shape index (κ2) is 5.39. The molecule has 3 rings (SSSR count). The number of hydrogen-bond acceptors (Lipinski definition) is 4. The summed E-state index contributed by atoms with van der Waals surface area (Å²) in [7, 11) is 1.27. The highest BCUT2D eigenvalue weighted by Crippen LogP contribution is 2.36. The van der Waals surface area contributed by atoms with Gasteiger partial charge in [0.25, 0.3) is 0 Å². The number of rotatable bonds is 3. The van der Waals surface area contributed by atoms with Crippen LogP contribution < -0.4 is 10.2 Å². The smallest absolute Gasteiger partial charge is 0.497 e. The Morgan fingerprint density at radius 2 is 1.78 bits per heavy atom. The summed E-state index contributed by atoms with van der Waals surface area (Å²) in [5.41, 5.74) is 2.31. The lowest BCUT2D eigenvalue weighted by atomic mass is 9.82. The van der Waals surface area contributed by atoms with Crippen LogP contribution in [0.5, 0.6) is 5.75 Å². The van der Waals surface area contributed by atoms with Crippen LogP contribution in [0.4, 0.5) is 0 Å². The van der Waals surface area contributed by atoms with Crippen LogP contribution in [0.2, 0.25) is 0 Å². The fourth-order valence-electron chi connectivity index (χ4n) is 2.58. The van der Waals surface area contributed by atoms with E-state index in [1.165, 1.54) is 0 Å². The molecule has 2 heterocycles. The van der Waals surface area contributed by atoms with Gasteiger partial charge in [0.15, 0.2) is 0 Å². The fourth-order valence-corrected chi connectivity index (χ4v) is 2.58. The molecule has 1 fully saturated rings. The van der Waals surface area contributed by atoms with Gasteiger partial charge in [-0.2, -0.15) is 5.10 Å². The quantitative estimate of drug-likeness (QED) is 0.817. The molecule has 1 saturated heterocycles. The third-order valence-corrected chi connectivity index (χ3v) is 4.78. The predicted molar refractivity (Wildman–Crippen MR) is 90.6 cm³/mol. The summed E-state index contributed by atoms with van der Waals surface area (Å²) in [6.45, 7) is 10.2. The molecule has 1 aliphatic rings. The second-order valence-corrected chi connectivity index (χ2v) is 6.96. The van der Waals surface area contributed by atoms with Crippen LogP contribution in [0.3, 0.4) is 0 Å². The Balaban J connectivity index is 1.87. The first-order valence-corrected chi connectivity index (χ1v) is 7.79. The minimum atomic E-state index is -0.396. The Hall–Kier alpha value is -1.79. The molecule has 0 spiro atoms. The van der Waals surface area contributed by atoms with Gasteiger partial charge in [0.05, 0.1) is 24.0 Å². The molecule has 0 N–H and O–H groups in total. The minimum Gasteiger partial charge on any atom is -0.497 e. The van der Waals surface area contributed by atoms with E-state index in [0.717, 1.165) is 22.5 Å². The topological polar surface area (TPSA) is 45.5 Å². The molecule has 6 heteroatoms. The Morgan fingerprint density at radius 3 is 2.35 bits per heavy atom. The van der Waals surface area contributed by atoms with Crippen molar-refractivity contribution < 1.29 is 14.0 Å². The van der Waals surface area contributed by atoms with Gasteiger partial charge in [-0.1, -0.05) is 0 Å². The van der Waals surface area contributed by atoms with Crippen LogP contribution in [0.15, 0.2) is 30.6 Å². The SMILES string of the molecule is COc1ccc(-n2cc(B3OC(C)(C)C(C)(C)O3)cn2)c(C)c1. The van der Waals surface area contributed by atoms with E-state index in [-0.39, 0.29) is 11.2 Å². The van der Waals surface area contributed by atoms with E-state index >= 15 is 0 Å². The molecule has 2 aromatic rings. The summed E-state index contributed by atoms with van der Waals surface area (Å²) < 4.78 is 19.2. The maximum atomic E-state index is 6.07. The standard InChI is InChI=1S/C17H23BN2O3/c1-12-9-14(21-6)7-8-15(12)20-11-13(10-19-20)18-22-16(2,3)17(4,5)23-18/h7-11H,1-6H3. The minimum absolute atomic E-state index is 0.351. The average molecular weight is 314 g/mol. The van der Waals surface area contributed by atoms with Crippen LogP contribution in [0.25, 0.3) is 5.69 Å². The van der Waals surface area contributed by atoms with E-state index in [9.17, 15) is 0 Å². The zero-order valence-corrected chi connectivity index (χ0v) is 14.6. The molecule has 0 amide bonds. The molecule has 0 saturated carbocycles. The third-order valence-electron chi connectivity index (χ3n) is 4.78. The van der Waals surface area contributed by atoms with Gasteiger partial charge in [0, 0.05) is 17.9 Å². The van der Waals surface area contributed by atoms with Gasteiger partial charge in [0.2, 0.25) is 0 Å². The van der Waals surface area contributed by atoms with Gasteiger partial charge < -0.3 is 14.0 Å². The van der Waals surface area contributed by atoms with Crippen molar-refractivity contribution in [3.05, 3.63) is 36.2 Å². The van der Waals surface area contributed by atoms with E-state index < -0.39 is 7.12 Å². The number of ether oxygens (including phenoxy) is 1. The average Bonchev–Trinajstić information content (AvgIpc) is 3.02. The van der Waals surface area contributed by atoms with Gasteiger partial charge in [-0.3, -0.25) is 0 Å². The summed E-state index contributed by atoms with van der Waals surface area (Å²) in [6, 6.07) is 5.92. The fraction of sp³-hybridized carbons (Fsp3) is 0.471. The van der Waals surface area contributed by atoms with Crippen molar-refractivity contribution in [2.75, 3.05) is 7.11 Å². The molecule has 0 unspecified atom stereocenters. The molecule has 0 aliphatic carbocycles. The molecular weight excluding hydrogens is 291 g/mol. The van der Waals surface area contributed by atoms with E-state index in [1.807, 2.05) is 63.7 Å². The molecule has 1 aromatic heterocycles. The van der Waals surface area contributed by atoms with Crippen molar-refractivity contribution in [2.24, 2.45) is 0 Å². The van der Waals surface area contributed by atoms with Crippen molar-refractivity contribution in [1.82, 2.24) is 9.78 Å². The maximum absolute atomic E-state index is 6.07. The van der Waals surface area contributed by atoms with Crippen LogP contribution in [0.1, 0.15) is 33.3 Å². The summed E-state index contributed by atoms with van der Waals surface area (Å²) in [6.07, 6.45) is 3.75. The molecule has 0 radical (unpaired) electrons. The highest BCUT2D eigenvalue weighted by molar-refractivity contribution is 6.62. The van der Waals surface area contributed by atoms with E-state index in [2.05, 4.69) is 5.10 Å². The molecule has 0 atom stereocenters. The molecule has 0 bridgehead atoms. The summed E-state index contributed by atoms with van der Waals surface area (Å²) in [4.78, 5) is 0. The first-order chi connectivity index (χ1) is 10.7. The lowest BCUT2D eigenvalue weighted by molar-refractivity contribution is 0.00578. The molecule has 5 nitrogen and oxygen atoms in total. The number of aryl methyl sites for hydroxylation is 1. The summed E-state index contributed by atoms with van der Waals surface area (Å²) in [5, 5.41) is 4.46. The summed E-state index contributed by atoms with van der Waals surface area (Å²) >= 11 is 0. The number of hydrogen-bond donors (Lipinski definition) is 0. The second-order valence-electron chi connectivity index (χ2n) is 6.96. The zero-order chi connectivity index (χ0) is 16.8. The Kier molecular flexibility index (Phi) is 3.77. The number of benzene rings is 1. The van der Waals surface area contributed by atoms with E-state index in [4.69, 9.17) is 14.0 Å². The van der Waals surface area contributed by atoms with Crippen molar-refractivity contribution in [3.8, 4) is 11.4 Å². The van der Waals surface area contributed by atoms with Gasteiger partial charge >= 0.3 is 7.12 Å². The van der Waals surface area contributed by atoms with Crippen molar-refractivity contribution >= 4 is 12.6 Å². The molecule has 23 heavy (non-hydrogen) atoms. The maximum Gasteiger partial charge on any atom is 0.498 e. The number of methoxy groups -OCH3 is 1. The van der Waals surface area contributed by atoms with Crippen molar-refractivity contribution in [1.29, 1.82) is 0 Å². The molecule has 1 aromatic carbocycles. The first-order valence-electron chi connectivity index (χ1n) is 7.79. The normalized spacial score (nSPS) is 19.1. The van der Waals surface area contributed by atoms with Crippen LogP contribution in [-0.4, -0.2) is 35.2 Å². The highest BCUT2D eigenvalue weighted by atomic mass is 16.7. The van der Waals surface area contributed by atoms with Crippen LogP contribution in [0, 0.1) is 6.92 Å². The van der Waals surface area contributed by atoms with Crippen LogP contribution in [-0.2, 0) is 9.31 Å². The molecule has 1 aliphatic heterocycles. The van der Waals surface area contributed by atoms with Gasteiger partial charge in [-0.15, -0.1) is 0 Å². The molecular formula is C17H23BN2O3. The predicted octanol–water partition coefficient (Wildman–Crippen LogP) is 2.49. The third kappa shape index (κ3) is 2.77. The van der Waals surface area contributed by atoms with E-state index in [0.29, 0.717) is 0 Å². The Labute approximate surface area is 137 Å².